The van der Waals surface area contributed by atoms with E-state index in [0.29, 0.717) is 5.38 Å². The summed E-state index contributed by atoms with van der Waals surface area (Å²) in [6, 6.07) is 10.6. The molecule has 1 fully saturated rings. The fraction of sp³-hybridized carbons (Fsp3) is 0.500. The summed E-state index contributed by atoms with van der Waals surface area (Å²) in [5.74, 6) is 0. The monoisotopic (exact) mass is 209 g/mol. The molecule has 0 bridgehead atoms. The Balaban J connectivity index is 1.87. The summed E-state index contributed by atoms with van der Waals surface area (Å²) in [4.78, 5) is 2.48. The van der Waals surface area contributed by atoms with Crippen LogP contribution in [0.4, 0.5) is 0 Å². The van der Waals surface area contributed by atoms with E-state index in [1.807, 2.05) is 0 Å². The SMILES string of the molecule is ClC1CCN(Cc2ccccc2)CC1. The van der Waals surface area contributed by atoms with E-state index >= 15 is 0 Å². The summed E-state index contributed by atoms with van der Waals surface area (Å²) in [6.07, 6.45) is 2.27. The Hall–Kier alpha value is -0.530. The van der Waals surface area contributed by atoms with E-state index in [0.717, 1.165) is 32.5 Å². The average molecular weight is 210 g/mol. The van der Waals surface area contributed by atoms with Gasteiger partial charge in [-0.05, 0) is 31.5 Å². The van der Waals surface area contributed by atoms with Crippen LogP contribution in [-0.4, -0.2) is 23.4 Å². The van der Waals surface area contributed by atoms with E-state index in [4.69, 9.17) is 11.6 Å². The lowest BCUT2D eigenvalue weighted by Gasteiger charge is -2.29. The molecule has 0 radical (unpaired) electrons. The number of alkyl halides is 1. The molecule has 0 spiro atoms. The second kappa shape index (κ2) is 4.81. The summed E-state index contributed by atoms with van der Waals surface area (Å²) >= 11 is 6.06. The number of nitrogens with zero attached hydrogens (tertiary/aromatic N) is 1. The van der Waals surface area contributed by atoms with Crippen LogP contribution in [0.5, 0.6) is 0 Å². The molecule has 2 rings (SSSR count). The molecule has 1 aromatic carbocycles. The highest BCUT2D eigenvalue weighted by Crippen LogP contribution is 2.17. The van der Waals surface area contributed by atoms with Crippen LogP contribution in [0.3, 0.4) is 0 Å². The van der Waals surface area contributed by atoms with Crippen molar-refractivity contribution in [2.24, 2.45) is 0 Å². The second-order valence-electron chi connectivity index (χ2n) is 3.94. The number of hydrogen-bond donors (Lipinski definition) is 0. The molecule has 2 heteroatoms. The first-order chi connectivity index (χ1) is 6.84. The van der Waals surface area contributed by atoms with Crippen molar-refractivity contribution in [2.75, 3.05) is 13.1 Å². The minimum absolute atomic E-state index is 0.405. The van der Waals surface area contributed by atoms with Gasteiger partial charge in [0.25, 0.3) is 0 Å². The minimum atomic E-state index is 0.405. The molecular formula is C12H16ClN. The van der Waals surface area contributed by atoms with Crippen molar-refractivity contribution in [3.8, 4) is 0 Å². The zero-order valence-electron chi connectivity index (χ0n) is 8.32. The molecule has 0 unspecified atom stereocenters. The van der Waals surface area contributed by atoms with Crippen LogP contribution in [0.1, 0.15) is 18.4 Å². The van der Waals surface area contributed by atoms with Crippen molar-refractivity contribution >= 4 is 11.6 Å². The Morgan fingerprint density at radius 2 is 1.79 bits per heavy atom. The highest BCUT2D eigenvalue weighted by Gasteiger charge is 2.16. The first-order valence-electron chi connectivity index (χ1n) is 5.25. The number of hydrogen-bond acceptors (Lipinski definition) is 1. The molecule has 1 aliphatic rings. The van der Waals surface area contributed by atoms with Gasteiger partial charge in [-0.3, -0.25) is 4.90 Å². The van der Waals surface area contributed by atoms with Gasteiger partial charge in [-0.15, -0.1) is 11.6 Å². The molecule has 0 N–H and O–H groups in total. The molecule has 0 atom stereocenters. The van der Waals surface area contributed by atoms with Gasteiger partial charge in [0.15, 0.2) is 0 Å². The van der Waals surface area contributed by atoms with E-state index in [-0.39, 0.29) is 0 Å². The van der Waals surface area contributed by atoms with E-state index in [9.17, 15) is 0 Å². The minimum Gasteiger partial charge on any atom is -0.299 e. The fourth-order valence-electron chi connectivity index (χ4n) is 1.90. The highest BCUT2D eigenvalue weighted by molar-refractivity contribution is 6.20. The van der Waals surface area contributed by atoms with Crippen LogP contribution in [0.2, 0.25) is 0 Å². The Bertz CT molecular complexity index is 265. The maximum atomic E-state index is 6.06. The molecule has 14 heavy (non-hydrogen) atoms. The van der Waals surface area contributed by atoms with Crippen molar-refractivity contribution in [3.05, 3.63) is 35.9 Å². The summed E-state index contributed by atoms with van der Waals surface area (Å²) in [5, 5.41) is 0.405. The number of rotatable bonds is 2. The molecule has 76 valence electrons. The Kier molecular flexibility index (Phi) is 3.44. The molecule has 1 nitrogen and oxygen atoms in total. The van der Waals surface area contributed by atoms with E-state index in [1.54, 1.807) is 0 Å². The van der Waals surface area contributed by atoms with Gasteiger partial charge in [-0.2, -0.15) is 0 Å². The molecule has 0 aliphatic carbocycles. The number of likely N-dealkylation sites (tertiary alicyclic amines) is 1. The number of halogens is 1. The van der Waals surface area contributed by atoms with Crippen molar-refractivity contribution in [2.45, 2.75) is 24.8 Å². The molecule has 1 heterocycles. The van der Waals surface area contributed by atoms with Gasteiger partial charge < -0.3 is 0 Å². The van der Waals surface area contributed by atoms with Crippen LogP contribution in [0, 0.1) is 0 Å². The molecule has 1 aliphatic heterocycles. The average Bonchev–Trinajstić information content (AvgIpc) is 2.23. The third-order valence-electron chi connectivity index (χ3n) is 2.77. The normalized spacial score (nSPS) is 19.8. The molecule has 0 amide bonds. The quantitative estimate of drug-likeness (QED) is 0.678. The van der Waals surface area contributed by atoms with Crippen LogP contribution in [-0.2, 0) is 6.54 Å². The third-order valence-corrected chi connectivity index (χ3v) is 3.20. The lowest BCUT2D eigenvalue weighted by molar-refractivity contribution is 0.223. The largest absolute Gasteiger partial charge is 0.299 e. The second-order valence-corrected chi connectivity index (χ2v) is 4.55. The molecule has 1 saturated heterocycles. The van der Waals surface area contributed by atoms with Crippen molar-refractivity contribution < 1.29 is 0 Å². The van der Waals surface area contributed by atoms with Gasteiger partial charge in [-0.1, -0.05) is 30.3 Å². The summed E-state index contributed by atoms with van der Waals surface area (Å²) in [5.41, 5.74) is 1.40. The standard InChI is InChI=1S/C12H16ClN/c13-12-6-8-14(9-7-12)10-11-4-2-1-3-5-11/h1-5,12H,6-10H2. The maximum absolute atomic E-state index is 6.06. The third kappa shape index (κ3) is 2.73. The Morgan fingerprint density at radius 1 is 1.14 bits per heavy atom. The van der Waals surface area contributed by atoms with E-state index < -0.39 is 0 Å². The van der Waals surface area contributed by atoms with Gasteiger partial charge in [0, 0.05) is 11.9 Å². The molecule has 1 aromatic rings. The maximum Gasteiger partial charge on any atom is 0.0360 e. The fourth-order valence-corrected chi connectivity index (χ4v) is 2.10. The lowest BCUT2D eigenvalue weighted by Crippen LogP contribution is -2.33. The molecular weight excluding hydrogens is 194 g/mol. The van der Waals surface area contributed by atoms with E-state index in [1.165, 1.54) is 5.56 Å². The van der Waals surface area contributed by atoms with Crippen LogP contribution >= 0.6 is 11.6 Å². The topological polar surface area (TPSA) is 3.24 Å². The van der Waals surface area contributed by atoms with Gasteiger partial charge in [-0.25, -0.2) is 0 Å². The zero-order chi connectivity index (χ0) is 9.80. The summed E-state index contributed by atoms with van der Waals surface area (Å²) < 4.78 is 0. The highest BCUT2D eigenvalue weighted by atomic mass is 35.5. The summed E-state index contributed by atoms with van der Waals surface area (Å²) in [7, 11) is 0. The molecule has 0 saturated carbocycles. The number of benzene rings is 1. The van der Waals surface area contributed by atoms with Crippen LogP contribution in [0.25, 0.3) is 0 Å². The first-order valence-corrected chi connectivity index (χ1v) is 5.68. The number of piperidine rings is 1. The molecule has 0 aromatic heterocycles. The van der Waals surface area contributed by atoms with Crippen LogP contribution in [0.15, 0.2) is 30.3 Å². The van der Waals surface area contributed by atoms with Crippen LogP contribution < -0.4 is 0 Å². The van der Waals surface area contributed by atoms with E-state index in [2.05, 4.69) is 35.2 Å². The van der Waals surface area contributed by atoms with Gasteiger partial charge in [0.2, 0.25) is 0 Å². The predicted molar refractivity (Wildman–Crippen MR) is 60.6 cm³/mol. The van der Waals surface area contributed by atoms with Crippen molar-refractivity contribution in [1.82, 2.24) is 4.90 Å². The van der Waals surface area contributed by atoms with Gasteiger partial charge in [0.1, 0.15) is 0 Å². The Morgan fingerprint density at radius 3 is 2.43 bits per heavy atom. The first kappa shape index (κ1) is 10.0. The summed E-state index contributed by atoms with van der Waals surface area (Å²) in [6.45, 7) is 3.36. The smallest absolute Gasteiger partial charge is 0.0360 e. The van der Waals surface area contributed by atoms with Crippen molar-refractivity contribution in [3.63, 3.8) is 0 Å². The van der Waals surface area contributed by atoms with Crippen molar-refractivity contribution in [1.29, 1.82) is 0 Å². The predicted octanol–water partition coefficient (Wildman–Crippen LogP) is 2.89. The lowest BCUT2D eigenvalue weighted by atomic mass is 10.1. The Labute approximate surface area is 90.7 Å². The van der Waals surface area contributed by atoms with Gasteiger partial charge in [0.05, 0.1) is 0 Å². The zero-order valence-corrected chi connectivity index (χ0v) is 9.08. The van der Waals surface area contributed by atoms with Gasteiger partial charge >= 0.3 is 0 Å².